The Bertz CT molecular complexity index is 1390. The van der Waals surface area contributed by atoms with Crippen LogP contribution >= 0.6 is 46.4 Å². The number of halogens is 8. The van der Waals surface area contributed by atoms with Crippen LogP contribution in [0.15, 0.2) is 48.6 Å². The average Bonchev–Trinajstić information content (AvgIpc) is 3.61. The molecule has 2 atom stereocenters. The first kappa shape index (κ1) is 46.0. The van der Waals surface area contributed by atoms with Gasteiger partial charge in [0.15, 0.2) is 4.98 Å². The minimum absolute atomic E-state index is 0. The molecule has 2 unspecified atom stereocenters. The molecule has 4 rings (SSSR count). The van der Waals surface area contributed by atoms with E-state index in [9.17, 15) is 22.5 Å². The standard InChI is InChI=1S/C16H21Cl2NO3.C9H15NO2.C6H3Cl2N2.BF3.FH/c1-16(2,3)22-15(20)19-9-11(7-14(19)21-4)10-5-12(17)8-13(18)6-10;1-9(2,3)12-8(11)10-6-4-5-7-10;7-4-1-5(8)3-6(2-4)10-9;2-1(3)4;/h5-6,8,11,14H,7,9H2,1-4H3;4-5H,6-7H2,1-3H3;1-3H;;1H/q;;+1;;/p-1. The van der Waals surface area contributed by atoms with Gasteiger partial charge in [0.05, 0.1) is 22.2 Å². The SMILES string of the molecule is CC(C)(C)OC(=O)N1CC=CC1.COC1CC(c2cc(Cl)cc(Cl)c2)CN1C(=O)OC(C)(C)C.FB(F)F.N#[N+]c1cc(Cl)cc(Cl)c1.[F-]. The van der Waals surface area contributed by atoms with Gasteiger partial charge in [-0.25, -0.2) is 9.59 Å². The molecule has 2 aromatic rings. The van der Waals surface area contributed by atoms with Gasteiger partial charge >= 0.3 is 25.4 Å². The highest BCUT2D eigenvalue weighted by molar-refractivity contribution is 6.35. The lowest BCUT2D eigenvalue weighted by Crippen LogP contribution is -3.00. The lowest BCUT2D eigenvalue weighted by atomic mass is 9.98. The number of nitrogens with zero attached hydrogens (tertiary/aromatic N) is 4. The summed E-state index contributed by atoms with van der Waals surface area (Å²) in [7, 11) is -2.07. The van der Waals surface area contributed by atoms with Gasteiger partial charge in [0.1, 0.15) is 17.4 Å². The molecule has 1 fully saturated rings. The van der Waals surface area contributed by atoms with Crippen molar-refractivity contribution in [3.63, 3.8) is 0 Å². The summed E-state index contributed by atoms with van der Waals surface area (Å²) in [4.78, 5) is 29.8. The Kier molecular flexibility index (Phi) is 20.0. The predicted octanol–water partition coefficient (Wildman–Crippen LogP) is 7.85. The van der Waals surface area contributed by atoms with Gasteiger partial charge in [0.2, 0.25) is 5.39 Å². The molecule has 0 spiro atoms. The molecule has 2 amide bonds. The Morgan fingerprint density at radius 3 is 1.61 bits per heavy atom. The molecule has 2 aliphatic rings. The topological polar surface area (TPSA) is 96.5 Å². The number of rotatable bonds is 2. The maximum absolute atomic E-state index is 12.3. The van der Waals surface area contributed by atoms with Gasteiger partial charge in [-0.2, -0.15) is 0 Å². The van der Waals surface area contributed by atoms with Crippen molar-refractivity contribution >= 4 is 71.8 Å². The van der Waals surface area contributed by atoms with Crippen LogP contribution in [-0.2, 0) is 14.2 Å². The average molecular weight is 776 g/mol. The zero-order valence-corrected chi connectivity index (χ0v) is 31.1. The number of carbonyl (C=O) groups is 2. The number of carbonyl (C=O) groups excluding carboxylic acids is 2. The van der Waals surface area contributed by atoms with E-state index < -0.39 is 13.1 Å². The van der Waals surface area contributed by atoms with Gasteiger partial charge in [-0.3, -0.25) is 17.8 Å². The van der Waals surface area contributed by atoms with Crippen molar-refractivity contribution in [2.45, 2.75) is 71.3 Å². The summed E-state index contributed by atoms with van der Waals surface area (Å²) in [6.07, 6.45) is 3.71. The molecule has 0 bridgehead atoms. The van der Waals surface area contributed by atoms with E-state index in [4.69, 9.17) is 66.0 Å². The summed E-state index contributed by atoms with van der Waals surface area (Å²) in [5.41, 5.74) is 0.440. The number of hydrogen-bond acceptors (Lipinski definition) is 6. The number of hydrogen-bond donors (Lipinski definition) is 0. The van der Waals surface area contributed by atoms with Crippen molar-refractivity contribution in [3.8, 4) is 0 Å². The number of amides is 2. The van der Waals surface area contributed by atoms with E-state index in [1.807, 2.05) is 65.8 Å². The Labute approximate surface area is 304 Å². The third-order valence-electron chi connectivity index (χ3n) is 5.94. The van der Waals surface area contributed by atoms with Crippen molar-refractivity contribution in [1.29, 1.82) is 5.39 Å². The molecule has 0 saturated carbocycles. The molecule has 0 radical (unpaired) electrons. The third kappa shape index (κ3) is 19.1. The minimum Gasteiger partial charge on any atom is -1.00 e. The van der Waals surface area contributed by atoms with Crippen LogP contribution in [0.4, 0.5) is 28.2 Å². The fraction of sp³-hybridized carbons (Fsp3) is 0.484. The molecule has 9 nitrogen and oxygen atoms in total. The van der Waals surface area contributed by atoms with Gasteiger partial charge in [0.25, 0.3) is 0 Å². The lowest BCUT2D eigenvalue weighted by molar-refractivity contribution is -0.0306. The molecule has 1 saturated heterocycles. The van der Waals surface area contributed by atoms with Crippen LogP contribution in [0.2, 0.25) is 20.1 Å². The van der Waals surface area contributed by atoms with Crippen molar-refractivity contribution < 1.29 is 41.5 Å². The van der Waals surface area contributed by atoms with Crippen LogP contribution in [-0.4, -0.2) is 73.7 Å². The first-order valence-electron chi connectivity index (χ1n) is 14.5. The summed E-state index contributed by atoms with van der Waals surface area (Å²) in [5.74, 6) is 0.119. The van der Waals surface area contributed by atoms with Crippen LogP contribution in [0.5, 0.6) is 0 Å². The summed E-state index contributed by atoms with van der Waals surface area (Å²) >= 11 is 23.3. The quantitative estimate of drug-likeness (QED) is 0.134. The van der Waals surface area contributed by atoms with Crippen LogP contribution in [0.1, 0.15) is 59.4 Å². The summed E-state index contributed by atoms with van der Waals surface area (Å²) in [5, 5.41) is 10.4. The molecule has 0 aliphatic carbocycles. The van der Waals surface area contributed by atoms with Gasteiger partial charge < -0.3 is 23.8 Å². The number of likely N-dealkylation sites (tertiary alicyclic amines) is 1. The van der Waals surface area contributed by atoms with E-state index in [1.165, 1.54) is 12.1 Å². The van der Waals surface area contributed by atoms with E-state index in [0.717, 1.165) is 5.56 Å². The minimum atomic E-state index is -3.67. The Morgan fingerprint density at radius 2 is 1.22 bits per heavy atom. The van der Waals surface area contributed by atoms with Gasteiger partial charge in [0, 0.05) is 49.1 Å². The number of ether oxygens (including phenoxy) is 3. The Balaban J connectivity index is 0.000000720. The number of methoxy groups -OCH3 is 1. The summed E-state index contributed by atoms with van der Waals surface area (Å²) in [6, 6.07) is 10.0. The number of benzene rings is 2. The smallest absolute Gasteiger partial charge is 0.762 e. The molecular formula is C31H39BCl4F4N4O5. The van der Waals surface area contributed by atoms with Crippen LogP contribution in [0.25, 0.3) is 4.98 Å². The van der Waals surface area contributed by atoms with Gasteiger partial charge in [-0.1, -0.05) is 58.6 Å². The molecule has 272 valence electrons. The zero-order chi connectivity index (χ0) is 36.8. The highest BCUT2D eigenvalue weighted by Crippen LogP contribution is 2.35. The third-order valence-corrected chi connectivity index (χ3v) is 6.81. The molecule has 0 N–H and O–H groups in total. The second-order valence-corrected chi connectivity index (χ2v) is 14.0. The van der Waals surface area contributed by atoms with Crippen molar-refractivity contribution in [1.82, 2.24) is 9.80 Å². The second-order valence-electron chi connectivity index (χ2n) is 12.3. The maximum Gasteiger partial charge on any atom is 0.762 e. The van der Waals surface area contributed by atoms with Crippen molar-refractivity contribution in [2.75, 3.05) is 26.7 Å². The van der Waals surface area contributed by atoms with Crippen LogP contribution in [0, 0.1) is 5.39 Å². The fourth-order valence-corrected chi connectivity index (χ4v) is 5.20. The molecule has 18 heteroatoms. The highest BCUT2D eigenvalue weighted by atomic mass is 35.5. The molecule has 0 aromatic heterocycles. The van der Waals surface area contributed by atoms with Crippen molar-refractivity contribution in [2.24, 2.45) is 0 Å². The highest BCUT2D eigenvalue weighted by Gasteiger charge is 2.38. The summed E-state index contributed by atoms with van der Waals surface area (Å²) < 4.78 is 45.0. The Hall–Kier alpha value is -2.96. The second kappa shape index (κ2) is 21.3. The monoisotopic (exact) mass is 774 g/mol. The first-order valence-corrected chi connectivity index (χ1v) is 16.0. The normalized spacial score (nSPS) is 16.3. The van der Waals surface area contributed by atoms with E-state index in [1.54, 1.807) is 29.0 Å². The molecule has 49 heavy (non-hydrogen) atoms. The van der Waals surface area contributed by atoms with Gasteiger partial charge in [-0.15, -0.1) is 0 Å². The fourth-order valence-electron chi connectivity index (χ4n) is 4.14. The van der Waals surface area contributed by atoms with Crippen molar-refractivity contribution in [3.05, 3.63) is 79.2 Å². The summed E-state index contributed by atoms with van der Waals surface area (Å²) in [6.45, 7) is 13.0. The van der Waals surface area contributed by atoms with E-state index >= 15 is 0 Å². The molecule has 2 aliphatic heterocycles. The largest absolute Gasteiger partial charge is 1.00 e. The van der Waals surface area contributed by atoms with E-state index in [-0.39, 0.29) is 34.6 Å². The first-order chi connectivity index (χ1) is 22.1. The van der Waals surface area contributed by atoms with Crippen LogP contribution < -0.4 is 4.70 Å². The Morgan fingerprint density at radius 1 is 0.816 bits per heavy atom. The number of diazo groups is 1. The zero-order valence-electron chi connectivity index (χ0n) is 28.0. The lowest BCUT2D eigenvalue weighted by Gasteiger charge is -2.27. The van der Waals surface area contributed by atoms with Gasteiger partial charge in [-0.05, 0) is 71.4 Å². The van der Waals surface area contributed by atoms with E-state index in [2.05, 4.69) is 4.98 Å². The molecular weight excluding hydrogens is 737 g/mol. The van der Waals surface area contributed by atoms with E-state index in [0.29, 0.717) is 51.8 Å². The van der Waals surface area contributed by atoms with Crippen LogP contribution in [0.3, 0.4) is 0 Å². The molecule has 2 aromatic carbocycles. The molecule has 2 heterocycles. The maximum atomic E-state index is 12.3. The predicted molar refractivity (Wildman–Crippen MR) is 185 cm³/mol.